The highest BCUT2D eigenvalue weighted by molar-refractivity contribution is 7.09. The third-order valence-corrected chi connectivity index (χ3v) is 3.10. The normalized spacial score (nSPS) is 12.9. The minimum atomic E-state index is -0.466. The van der Waals surface area contributed by atoms with Gasteiger partial charge in [-0.3, -0.25) is 9.67 Å². The van der Waals surface area contributed by atoms with Crippen molar-refractivity contribution in [2.45, 2.75) is 26.0 Å². The van der Waals surface area contributed by atoms with Crippen molar-refractivity contribution in [2.24, 2.45) is 0 Å². The van der Waals surface area contributed by atoms with Crippen LogP contribution in [0.1, 0.15) is 23.5 Å². The molecule has 2 rings (SSSR count). The fourth-order valence-electron chi connectivity index (χ4n) is 1.40. The summed E-state index contributed by atoms with van der Waals surface area (Å²) in [5, 5.41) is 14.0. The van der Waals surface area contributed by atoms with Gasteiger partial charge in [0.15, 0.2) is 0 Å². The van der Waals surface area contributed by atoms with E-state index in [0.717, 1.165) is 17.0 Å². The van der Waals surface area contributed by atoms with Crippen molar-refractivity contribution < 1.29 is 5.11 Å². The Labute approximate surface area is 92.2 Å². The van der Waals surface area contributed by atoms with Gasteiger partial charge in [-0.2, -0.15) is 5.10 Å². The van der Waals surface area contributed by atoms with E-state index in [2.05, 4.69) is 10.1 Å². The number of hydrogen-bond acceptors (Lipinski definition) is 4. The number of aliphatic hydroxyl groups is 1. The molecule has 0 amide bonds. The second-order valence-corrected chi connectivity index (χ2v) is 4.25. The minimum Gasteiger partial charge on any atom is -0.387 e. The lowest BCUT2D eigenvalue weighted by atomic mass is 10.1. The molecule has 0 saturated carbocycles. The molecule has 0 aliphatic rings. The lowest BCUT2D eigenvalue weighted by molar-refractivity contribution is 0.182. The summed E-state index contributed by atoms with van der Waals surface area (Å²) >= 11 is 1.47. The summed E-state index contributed by atoms with van der Waals surface area (Å²) in [6.07, 6.45) is 5.60. The third-order valence-electron chi connectivity index (χ3n) is 2.22. The molecule has 1 atom stereocenters. The van der Waals surface area contributed by atoms with Crippen LogP contribution in [-0.4, -0.2) is 19.9 Å². The molecule has 1 unspecified atom stereocenters. The molecule has 0 bridgehead atoms. The van der Waals surface area contributed by atoms with Crippen LogP contribution < -0.4 is 0 Å². The molecule has 0 radical (unpaired) electrons. The number of nitrogens with zero attached hydrogens (tertiary/aromatic N) is 3. The number of hydrogen-bond donors (Lipinski definition) is 1. The van der Waals surface area contributed by atoms with Crippen molar-refractivity contribution >= 4 is 11.3 Å². The van der Waals surface area contributed by atoms with Crippen LogP contribution in [0.25, 0.3) is 0 Å². The highest BCUT2D eigenvalue weighted by atomic mass is 32.1. The Morgan fingerprint density at radius 1 is 1.53 bits per heavy atom. The molecule has 1 N–H and O–H groups in total. The SMILES string of the molecule is CCn1cc(CC(O)c2cncs2)cn1. The molecule has 0 aliphatic heterocycles. The zero-order valence-electron chi connectivity index (χ0n) is 8.50. The van der Waals surface area contributed by atoms with Crippen molar-refractivity contribution in [1.82, 2.24) is 14.8 Å². The van der Waals surface area contributed by atoms with Crippen molar-refractivity contribution in [3.63, 3.8) is 0 Å². The van der Waals surface area contributed by atoms with Crippen LogP contribution in [0.15, 0.2) is 24.1 Å². The second kappa shape index (κ2) is 4.55. The quantitative estimate of drug-likeness (QED) is 0.857. The lowest BCUT2D eigenvalue weighted by Crippen LogP contribution is -1.98. The van der Waals surface area contributed by atoms with E-state index in [9.17, 15) is 5.11 Å². The molecule has 5 heteroatoms. The van der Waals surface area contributed by atoms with E-state index in [0.29, 0.717) is 6.42 Å². The maximum atomic E-state index is 9.88. The summed E-state index contributed by atoms with van der Waals surface area (Å²) in [7, 11) is 0. The zero-order valence-corrected chi connectivity index (χ0v) is 9.31. The van der Waals surface area contributed by atoms with E-state index >= 15 is 0 Å². The zero-order chi connectivity index (χ0) is 10.7. The average molecular weight is 223 g/mol. The predicted octanol–water partition coefficient (Wildman–Crippen LogP) is 1.64. The number of aromatic nitrogens is 3. The number of rotatable bonds is 4. The van der Waals surface area contributed by atoms with Gasteiger partial charge in [-0.05, 0) is 12.5 Å². The standard InChI is InChI=1S/C10H13N3OS/c1-2-13-6-8(4-12-13)3-9(14)10-5-11-7-15-10/h4-7,9,14H,2-3H2,1H3. The van der Waals surface area contributed by atoms with Gasteiger partial charge in [0.25, 0.3) is 0 Å². The Balaban J connectivity index is 2.02. The maximum absolute atomic E-state index is 9.88. The Kier molecular flexibility index (Phi) is 3.13. The van der Waals surface area contributed by atoms with E-state index < -0.39 is 6.10 Å². The predicted molar refractivity (Wildman–Crippen MR) is 58.7 cm³/mol. The first-order valence-corrected chi connectivity index (χ1v) is 5.75. The molecular weight excluding hydrogens is 210 g/mol. The van der Waals surface area contributed by atoms with Crippen LogP contribution in [0.5, 0.6) is 0 Å². The van der Waals surface area contributed by atoms with E-state index in [1.165, 1.54) is 11.3 Å². The minimum absolute atomic E-state index is 0.466. The van der Waals surface area contributed by atoms with Gasteiger partial charge in [-0.1, -0.05) is 0 Å². The fourth-order valence-corrected chi connectivity index (χ4v) is 2.00. The number of aryl methyl sites for hydroxylation is 1. The van der Waals surface area contributed by atoms with Crippen molar-refractivity contribution in [3.05, 3.63) is 34.5 Å². The molecule has 80 valence electrons. The van der Waals surface area contributed by atoms with E-state index in [-0.39, 0.29) is 0 Å². The van der Waals surface area contributed by atoms with Crippen molar-refractivity contribution in [1.29, 1.82) is 0 Å². The van der Waals surface area contributed by atoms with Crippen LogP contribution in [0.3, 0.4) is 0 Å². The second-order valence-electron chi connectivity index (χ2n) is 3.33. The summed E-state index contributed by atoms with van der Waals surface area (Å²) in [4.78, 5) is 4.85. The Bertz CT molecular complexity index is 410. The van der Waals surface area contributed by atoms with Crippen LogP contribution >= 0.6 is 11.3 Å². The highest BCUT2D eigenvalue weighted by Crippen LogP contribution is 2.20. The van der Waals surface area contributed by atoms with E-state index in [4.69, 9.17) is 0 Å². The lowest BCUT2D eigenvalue weighted by Gasteiger charge is -2.04. The van der Waals surface area contributed by atoms with Gasteiger partial charge < -0.3 is 5.11 Å². The molecule has 2 aromatic heterocycles. The fraction of sp³-hybridized carbons (Fsp3) is 0.400. The van der Waals surface area contributed by atoms with Gasteiger partial charge in [0.2, 0.25) is 0 Å². The molecule has 2 aromatic rings. The number of thiazole rings is 1. The van der Waals surface area contributed by atoms with Crippen LogP contribution in [0.4, 0.5) is 0 Å². The monoisotopic (exact) mass is 223 g/mol. The van der Waals surface area contributed by atoms with Gasteiger partial charge in [0.05, 0.1) is 22.7 Å². The smallest absolute Gasteiger partial charge is 0.0939 e. The van der Waals surface area contributed by atoms with Gasteiger partial charge in [-0.25, -0.2) is 0 Å². The molecule has 15 heavy (non-hydrogen) atoms. The maximum Gasteiger partial charge on any atom is 0.0939 e. The first-order chi connectivity index (χ1) is 7.29. The van der Waals surface area contributed by atoms with Gasteiger partial charge in [0.1, 0.15) is 0 Å². The largest absolute Gasteiger partial charge is 0.387 e. The summed E-state index contributed by atoms with van der Waals surface area (Å²) in [5.41, 5.74) is 2.78. The van der Waals surface area contributed by atoms with Crippen LogP contribution in [0, 0.1) is 0 Å². The Morgan fingerprint density at radius 3 is 3.00 bits per heavy atom. The van der Waals surface area contributed by atoms with Crippen LogP contribution in [0.2, 0.25) is 0 Å². The molecule has 0 fully saturated rings. The number of aliphatic hydroxyl groups excluding tert-OH is 1. The molecule has 4 nitrogen and oxygen atoms in total. The highest BCUT2D eigenvalue weighted by Gasteiger charge is 2.11. The Hall–Kier alpha value is -1.20. The summed E-state index contributed by atoms with van der Waals surface area (Å²) in [6, 6.07) is 0. The molecule has 0 aliphatic carbocycles. The summed E-state index contributed by atoms with van der Waals surface area (Å²) in [5.74, 6) is 0. The van der Waals surface area contributed by atoms with Gasteiger partial charge in [0, 0.05) is 25.4 Å². The average Bonchev–Trinajstić information content (AvgIpc) is 2.87. The molecule has 0 spiro atoms. The first-order valence-electron chi connectivity index (χ1n) is 4.87. The van der Waals surface area contributed by atoms with E-state index in [1.54, 1.807) is 17.9 Å². The Morgan fingerprint density at radius 2 is 2.40 bits per heavy atom. The van der Waals surface area contributed by atoms with Crippen LogP contribution in [-0.2, 0) is 13.0 Å². The topological polar surface area (TPSA) is 50.9 Å². The van der Waals surface area contributed by atoms with Crippen molar-refractivity contribution in [2.75, 3.05) is 0 Å². The molecule has 0 saturated heterocycles. The molecule has 2 heterocycles. The van der Waals surface area contributed by atoms with E-state index in [1.807, 2.05) is 17.8 Å². The summed E-state index contributed by atoms with van der Waals surface area (Å²) < 4.78 is 1.86. The van der Waals surface area contributed by atoms with Crippen molar-refractivity contribution in [3.8, 4) is 0 Å². The first kappa shape index (κ1) is 10.3. The third kappa shape index (κ3) is 2.43. The van der Waals surface area contributed by atoms with Gasteiger partial charge >= 0.3 is 0 Å². The molecular formula is C10H13N3OS. The van der Waals surface area contributed by atoms with Gasteiger partial charge in [-0.15, -0.1) is 11.3 Å². The molecule has 0 aromatic carbocycles. The summed E-state index contributed by atoms with van der Waals surface area (Å²) in [6.45, 7) is 2.90.